The van der Waals surface area contributed by atoms with Crippen LogP contribution >= 0.6 is 27.5 Å². The Morgan fingerprint density at radius 3 is 2.31 bits per heavy atom. The maximum Gasteiger partial charge on any atom is 0.264 e. The summed E-state index contributed by atoms with van der Waals surface area (Å²) in [4.78, 5) is 27.8. The van der Waals surface area contributed by atoms with E-state index in [1.54, 1.807) is 80.6 Å². The van der Waals surface area contributed by atoms with Crippen LogP contribution in [0.1, 0.15) is 19.4 Å². The average molecular weight is 593 g/mol. The van der Waals surface area contributed by atoms with Crippen LogP contribution in [0.5, 0.6) is 0 Å². The molecule has 0 heterocycles. The molecule has 36 heavy (non-hydrogen) atoms. The molecule has 3 aromatic carbocycles. The van der Waals surface area contributed by atoms with Gasteiger partial charge in [-0.25, -0.2) is 8.42 Å². The Hall–Kier alpha value is -2.88. The Labute approximate surface area is 225 Å². The largest absolute Gasteiger partial charge is 0.355 e. The summed E-state index contributed by atoms with van der Waals surface area (Å²) in [5, 5.41) is 3.17. The van der Waals surface area contributed by atoms with Crippen molar-refractivity contribution in [1.29, 1.82) is 0 Å². The number of sulfonamides is 1. The first kappa shape index (κ1) is 27.7. The fourth-order valence-corrected chi connectivity index (χ4v) is 5.60. The molecule has 0 aliphatic carbocycles. The highest BCUT2D eigenvalue weighted by molar-refractivity contribution is 9.10. The normalized spacial score (nSPS) is 12.0. The molecule has 0 saturated carbocycles. The van der Waals surface area contributed by atoms with E-state index in [4.69, 9.17) is 11.6 Å². The summed E-state index contributed by atoms with van der Waals surface area (Å²) < 4.78 is 29.0. The predicted molar refractivity (Wildman–Crippen MR) is 145 cm³/mol. The van der Waals surface area contributed by atoms with E-state index in [1.807, 2.05) is 0 Å². The molecule has 2 amide bonds. The quantitative estimate of drug-likeness (QED) is 0.365. The number of hydrogen-bond donors (Lipinski definition) is 1. The molecule has 0 radical (unpaired) electrons. The lowest BCUT2D eigenvalue weighted by atomic mass is 10.1. The molecular weight excluding hydrogens is 566 g/mol. The summed E-state index contributed by atoms with van der Waals surface area (Å²) in [5.74, 6) is -0.897. The van der Waals surface area contributed by atoms with Gasteiger partial charge >= 0.3 is 0 Å². The van der Waals surface area contributed by atoms with Gasteiger partial charge in [-0.05, 0) is 55.8 Å². The first-order chi connectivity index (χ1) is 17.1. The number of halogens is 2. The molecule has 3 aromatic rings. The van der Waals surface area contributed by atoms with Crippen molar-refractivity contribution in [2.75, 3.05) is 17.4 Å². The van der Waals surface area contributed by atoms with Crippen LogP contribution in [0, 0.1) is 0 Å². The van der Waals surface area contributed by atoms with Crippen molar-refractivity contribution in [3.63, 3.8) is 0 Å². The standard InChI is InChI=1S/C26H27BrClN3O4S/c1-3-29-26(33)19(2)30(17-20-10-7-8-15-24(20)28)25(32)18-31(22-12-9-11-21(27)16-22)36(34,35)23-13-5-4-6-14-23/h4-16,19H,3,17-18H2,1-2H3,(H,29,33)/t19-/m1/s1. The van der Waals surface area contributed by atoms with Crippen LogP contribution in [0.25, 0.3) is 0 Å². The molecule has 0 bridgehead atoms. The van der Waals surface area contributed by atoms with Crippen molar-refractivity contribution in [1.82, 2.24) is 10.2 Å². The molecule has 3 rings (SSSR count). The maximum atomic E-state index is 13.7. The molecular formula is C26H27BrClN3O4S. The van der Waals surface area contributed by atoms with Gasteiger partial charge in [-0.15, -0.1) is 0 Å². The number of carbonyl (C=O) groups is 2. The fraction of sp³-hybridized carbons (Fsp3) is 0.231. The van der Waals surface area contributed by atoms with E-state index >= 15 is 0 Å². The van der Waals surface area contributed by atoms with Gasteiger partial charge in [-0.1, -0.05) is 70.0 Å². The van der Waals surface area contributed by atoms with Crippen molar-refractivity contribution < 1.29 is 18.0 Å². The number of hydrogen-bond acceptors (Lipinski definition) is 4. The predicted octanol–water partition coefficient (Wildman–Crippen LogP) is 4.85. The van der Waals surface area contributed by atoms with Gasteiger partial charge < -0.3 is 10.2 Å². The lowest BCUT2D eigenvalue weighted by Crippen LogP contribution is -2.51. The molecule has 0 fully saturated rings. The Kier molecular flexibility index (Phi) is 9.53. The average Bonchev–Trinajstić information content (AvgIpc) is 2.86. The molecule has 0 spiro atoms. The third-order valence-corrected chi connectivity index (χ3v) is 8.17. The van der Waals surface area contributed by atoms with Crippen molar-refractivity contribution in [3.8, 4) is 0 Å². The lowest BCUT2D eigenvalue weighted by molar-refractivity contribution is -0.139. The van der Waals surface area contributed by atoms with Crippen LogP contribution in [0.2, 0.25) is 5.02 Å². The molecule has 1 N–H and O–H groups in total. The van der Waals surface area contributed by atoms with Crippen LogP contribution in [-0.4, -0.2) is 44.3 Å². The fourth-order valence-electron chi connectivity index (χ4n) is 3.59. The number of nitrogens with zero attached hydrogens (tertiary/aromatic N) is 2. The van der Waals surface area contributed by atoms with Crippen molar-refractivity contribution >= 4 is 55.1 Å². The van der Waals surface area contributed by atoms with Gasteiger partial charge in [0.05, 0.1) is 10.6 Å². The zero-order valence-corrected chi connectivity index (χ0v) is 23.1. The van der Waals surface area contributed by atoms with E-state index in [9.17, 15) is 18.0 Å². The topological polar surface area (TPSA) is 86.8 Å². The number of rotatable bonds is 10. The molecule has 10 heteroatoms. The molecule has 190 valence electrons. The number of carbonyl (C=O) groups excluding carboxylic acids is 2. The lowest BCUT2D eigenvalue weighted by Gasteiger charge is -2.32. The molecule has 7 nitrogen and oxygen atoms in total. The summed E-state index contributed by atoms with van der Waals surface area (Å²) in [5.41, 5.74) is 0.952. The first-order valence-corrected chi connectivity index (χ1v) is 13.9. The summed E-state index contributed by atoms with van der Waals surface area (Å²) in [6, 6.07) is 20.8. The Morgan fingerprint density at radius 2 is 1.67 bits per heavy atom. The van der Waals surface area contributed by atoms with E-state index in [2.05, 4.69) is 21.2 Å². The van der Waals surface area contributed by atoms with E-state index < -0.39 is 28.5 Å². The Bertz CT molecular complexity index is 1320. The van der Waals surface area contributed by atoms with Gasteiger partial charge in [-0.3, -0.25) is 13.9 Å². The minimum Gasteiger partial charge on any atom is -0.355 e. The van der Waals surface area contributed by atoms with Crippen LogP contribution in [-0.2, 0) is 26.2 Å². The van der Waals surface area contributed by atoms with E-state index in [0.717, 1.165) is 4.31 Å². The molecule has 1 atom stereocenters. The molecule has 0 aliphatic heterocycles. The van der Waals surface area contributed by atoms with Crippen LogP contribution in [0.15, 0.2) is 88.2 Å². The monoisotopic (exact) mass is 591 g/mol. The highest BCUT2D eigenvalue weighted by Crippen LogP contribution is 2.27. The third-order valence-electron chi connectivity index (χ3n) is 5.52. The van der Waals surface area contributed by atoms with Crippen molar-refractivity contribution in [2.24, 2.45) is 0 Å². The van der Waals surface area contributed by atoms with Crippen LogP contribution in [0.4, 0.5) is 5.69 Å². The number of amides is 2. The minimum atomic E-state index is -4.10. The SMILES string of the molecule is CCNC(=O)[C@@H](C)N(Cc1ccccc1Cl)C(=O)CN(c1cccc(Br)c1)S(=O)(=O)c1ccccc1. The second-order valence-corrected chi connectivity index (χ2v) is 11.2. The summed E-state index contributed by atoms with van der Waals surface area (Å²) in [6.07, 6.45) is 0. The smallest absolute Gasteiger partial charge is 0.264 e. The highest BCUT2D eigenvalue weighted by atomic mass is 79.9. The summed E-state index contributed by atoms with van der Waals surface area (Å²) in [7, 11) is -4.10. The molecule has 0 unspecified atom stereocenters. The van der Waals surface area contributed by atoms with E-state index in [-0.39, 0.29) is 17.3 Å². The van der Waals surface area contributed by atoms with E-state index in [1.165, 1.54) is 17.0 Å². The molecule has 0 saturated heterocycles. The second-order valence-electron chi connectivity index (χ2n) is 7.99. The molecule has 0 aliphatic rings. The molecule has 0 aromatic heterocycles. The summed E-state index contributed by atoms with van der Waals surface area (Å²) in [6.45, 7) is 3.31. The van der Waals surface area contributed by atoms with Gasteiger partial charge in [-0.2, -0.15) is 0 Å². The zero-order chi connectivity index (χ0) is 26.3. The Morgan fingerprint density at radius 1 is 1.00 bits per heavy atom. The van der Waals surface area contributed by atoms with Crippen molar-refractivity contribution in [2.45, 2.75) is 31.3 Å². The highest BCUT2D eigenvalue weighted by Gasteiger charge is 2.32. The van der Waals surface area contributed by atoms with Gasteiger partial charge in [0.25, 0.3) is 10.0 Å². The van der Waals surface area contributed by atoms with Gasteiger partial charge in [0.2, 0.25) is 11.8 Å². The van der Waals surface area contributed by atoms with E-state index in [0.29, 0.717) is 27.3 Å². The number of anilines is 1. The number of likely N-dealkylation sites (N-methyl/N-ethyl adjacent to an activating group) is 1. The zero-order valence-electron chi connectivity index (χ0n) is 19.9. The first-order valence-electron chi connectivity index (χ1n) is 11.3. The number of benzene rings is 3. The Balaban J connectivity index is 2.03. The number of nitrogens with one attached hydrogen (secondary N) is 1. The second kappa shape index (κ2) is 12.4. The van der Waals surface area contributed by atoms with Gasteiger partial charge in [0.15, 0.2) is 0 Å². The van der Waals surface area contributed by atoms with Crippen LogP contribution in [0.3, 0.4) is 0 Å². The minimum absolute atomic E-state index is 0.0362. The van der Waals surface area contributed by atoms with Crippen molar-refractivity contribution in [3.05, 3.63) is 93.9 Å². The summed E-state index contributed by atoms with van der Waals surface area (Å²) >= 11 is 9.72. The van der Waals surface area contributed by atoms with Crippen LogP contribution < -0.4 is 9.62 Å². The van der Waals surface area contributed by atoms with Gasteiger partial charge in [0, 0.05) is 22.6 Å². The maximum absolute atomic E-state index is 13.7. The van der Waals surface area contributed by atoms with Gasteiger partial charge in [0.1, 0.15) is 12.6 Å². The third kappa shape index (κ3) is 6.66.